The summed E-state index contributed by atoms with van der Waals surface area (Å²) in [6.07, 6.45) is 3.73. The van der Waals surface area contributed by atoms with Gasteiger partial charge < -0.3 is 21.1 Å². The van der Waals surface area contributed by atoms with Crippen molar-refractivity contribution in [1.29, 1.82) is 0 Å². The maximum atomic E-state index is 12.5. The lowest BCUT2D eigenvalue weighted by Gasteiger charge is -2.34. The van der Waals surface area contributed by atoms with E-state index in [0.29, 0.717) is 40.9 Å². The Bertz CT molecular complexity index is 798. The first-order chi connectivity index (χ1) is 13.0. The Labute approximate surface area is 160 Å². The van der Waals surface area contributed by atoms with Gasteiger partial charge in [-0.05, 0) is 43.7 Å². The molecule has 1 fully saturated rings. The van der Waals surface area contributed by atoms with Crippen LogP contribution in [-0.4, -0.2) is 40.5 Å². The summed E-state index contributed by atoms with van der Waals surface area (Å²) in [7, 11) is 0. The second-order valence-electron chi connectivity index (χ2n) is 7.21. The van der Waals surface area contributed by atoms with Crippen LogP contribution >= 0.6 is 0 Å². The van der Waals surface area contributed by atoms with Crippen molar-refractivity contribution < 1.29 is 9.53 Å². The summed E-state index contributed by atoms with van der Waals surface area (Å²) in [5, 5.41) is 0.702. The van der Waals surface area contributed by atoms with Gasteiger partial charge >= 0.3 is 0 Å². The van der Waals surface area contributed by atoms with Crippen molar-refractivity contribution >= 4 is 28.6 Å². The van der Waals surface area contributed by atoms with Crippen molar-refractivity contribution in [2.75, 3.05) is 31.2 Å². The molecule has 0 saturated carbocycles. The lowest BCUT2D eigenvalue weighted by atomic mass is 9.95. The van der Waals surface area contributed by atoms with E-state index in [1.54, 1.807) is 0 Å². The zero-order chi connectivity index (χ0) is 19.4. The van der Waals surface area contributed by atoms with Gasteiger partial charge in [-0.15, -0.1) is 0 Å². The molecule has 1 aliphatic heterocycles. The van der Waals surface area contributed by atoms with E-state index < -0.39 is 0 Å². The number of anilines is 2. The van der Waals surface area contributed by atoms with Crippen molar-refractivity contribution in [2.45, 2.75) is 39.5 Å². The Morgan fingerprint density at radius 2 is 1.93 bits per heavy atom. The number of piperidine rings is 1. The molecule has 2 aromatic rings. The number of benzene rings is 1. The number of likely N-dealkylation sites (tertiary alicyclic amines) is 1. The molecule has 0 atom stereocenters. The number of nitrogens with zero attached hydrogens (tertiary/aromatic N) is 3. The number of hydrogen-bond acceptors (Lipinski definition) is 6. The van der Waals surface area contributed by atoms with Crippen molar-refractivity contribution in [1.82, 2.24) is 14.9 Å². The molecule has 0 radical (unpaired) electrons. The maximum Gasteiger partial charge on any atom is 0.225 e. The fourth-order valence-corrected chi connectivity index (χ4v) is 3.74. The van der Waals surface area contributed by atoms with Gasteiger partial charge in [-0.3, -0.25) is 4.79 Å². The minimum absolute atomic E-state index is 0.156. The predicted molar refractivity (Wildman–Crippen MR) is 107 cm³/mol. The number of carbonyl (C=O) groups is 1. The zero-order valence-corrected chi connectivity index (χ0v) is 16.1. The quantitative estimate of drug-likeness (QED) is 0.808. The van der Waals surface area contributed by atoms with Gasteiger partial charge in [0.25, 0.3) is 0 Å². The Hall–Kier alpha value is -2.57. The van der Waals surface area contributed by atoms with Crippen LogP contribution in [0.1, 0.15) is 39.5 Å². The number of carbonyl (C=O) groups excluding carboxylic acids is 1. The van der Waals surface area contributed by atoms with Gasteiger partial charge in [-0.25, -0.2) is 4.98 Å². The molecule has 146 valence electrons. The molecule has 0 unspecified atom stereocenters. The van der Waals surface area contributed by atoms with Gasteiger partial charge in [-0.1, -0.05) is 19.9 Å². The lowest BCUT2D eigenvalue weighted by Crippen LogP contribution is -2.42. The summed E-state index contributed by atoms with van der Waals surface area (Å²) in [5.74, 6) is 2.05. The van der Waals surface area contributed by atoms with Crippen LogP contribution in [0.5, 0.6) is 5.75 Å². The smallest absolute Gasteiger partial charge is 0.225 e. The number of nitrogens with two attached hydrogens (primary N) is 2. The summed E-state index contributed by atoms with van der Waals surface area (Å²) in [5.41, 5.74) is 12.4. The molecule has 27 heavy (non-hydrogen) atoms. The third kappa shape index (κ3) is 4.23. The van der Waals surface area contributed by atoms with Gasteiger partial charge in [0.2, 0.25) is 11.9 Å². The first-order valence-corrected chi connectivity index (χ1v) is 9.76. The van der Waals surface area contributed by atoms with Gasteiger partial charge in [0.1, 0.15) is 11.6 Å². The molecule has 2 heterocycles. The van der Waals surface area contributed by atoms with Crippen LogP contribution in [0.4, 0.5) is 11.8 Å². The second-order valence-corrected chi connectivity index (χ2v) is 7.21. The summed E-state index contributed by atoms with van der Waals surface area (Å²) in [6.45, 7) is 6.37. The van der Waals surface area contributed by atoms with E-state index in [0.717, 1.165) is 38.8 Å². The molecule has 1 aliphatic rings. The summed E-state index contributed by atoms with van der Waals surface area (Å²) >= 11 is 0. The molecule has 1 amide bonds. The number of aromatic nitrogens is 2. The van der Waals surface area contributed by atoms with Gasteiger partial charge in [0, 0.05) is 19.0 Å². The normalized spacial score (nSPS) is 15.4. The van der Waals surface area contributed by atoms with E-state index in [1.807, 2.05) is 23.1 Å². The third-order valence-electron chi connectivity index (χ3n) is 5.47. The first kappa shape index (κ1) is 19.2. The van der Waals surface area contributed by atoms with Gasteiger partial charge in [0.05, 0.1) is 17.5 Å². The van der Waals surface area contributed by atoms with E-state index in [9.17, 15) is 4.79 Å². The molecule has 0 aliphatic carbocycles. The predicted octanol–water partition coefficient (Wildman–Crippen LogP) is 2.85. The van der Waals surface area contributed by atoms with Gasteiger partial charge in [0.15, 0.2) is 0 Å². The Balaban J connectivity index is 1.60. The number of rotatable bonds is 6. The monoisotopic (exact) mass is 371 g/mol. The molecular formula is C20H29N5O2. The lowest BCUT2D eigenvalue weighted by molar-refractivity contribution is -0.137. The SMILES string of the molecule is CCC(CC)C(=O)N1CCC(COc2cccc3nc(N)nc(N)c23)CC1. The fourth-order valence-electron chi connectivity index (χ4n) is 3.74. The molecule has 1 aromatic heterocycles. The highest BCUT2D eigenvalue weighted by molar-refractivity contribution is 5.94. The van der Waals surface area contributed by atoms with Crippen LogP contribution in [0.2, 0.25) is 0 Å². The highest BCUT2D eigenvalue weighted by Crippen LogP contribution is 2.30. The molecular weight excluding hydrogens is 342 g/mol. The highest BCUT2D eigenvalue weighted by atomic mass is 16.5. The average Bonchev–Trinajstić information content (AvgIpc) is 2.67. The largest absolute Gasteiger partial charge is 0.492 e. The number of amides is 1. The Morgan fingerprint density at radius 1 is 1.22 bits per heavy atom. The molecule has 7 heteroatoms. The summed E-state index contributed by atoms with van der Waals surface area (Å²) < 4.78 is 6.06. The summed E-state index contributed by atoms with van der Waals surface area (Å²) in [6, 6.07) is 5.60. The van der Waals surface area contributed by atoms with Crippen molar-refractivity contribution in [3.05, 3.63) is 18.2 Å². The average molecular weight is 371 g/mol. The van der Waals surface area contributed by atoms with Crippen LogP contribution in [0, 0.1) is 11.8 Å². The van der Waals surface area contributed by atoms with Crippen LogP contribution in [0.3, 0.4) is 0 Å². The highest BCUT2D eigenvalue weighted by Gasteiger charge is 2.27. The third-order valence-corrected chi connectivity index (χ3v) is 5.47. The molecule has 1 saturated heterocycles. The molecule has 1 aromatic carbocycles. The second kappa shape index (κ2) is 8.41. The molecule has 0 spiro atoms. The molecule has 0 bridgehead atoms. The van der Waals surface area contributed by atoms with Gasteiger partial charge in [-0.2, -0.15) is 4.98 Å². The Morgan fingerprint density at radius 3 is 2.59 bits per heavy atom. The van der Waals surface area contributed by atoms with Crippen molar-refractivity contribution in [3.8, 4) is 5.75 Å². The van der Waals surface area contributed by atoms with Crippen molar-refractivity contribution in [2.24, 2.45) is 11.8 Å². The van der Waals surface area contributed by atoms with E-state index in [4.69, 9.17) is 16.2 Å². The number of ether oxygens (including phenoxy) is 1. The number of nitrogen functional groups attached to an aromatic ring is 2. The van der Waals surface area contributed by atoms with E-state index in [-0.39, 0.29) is 11.9 Å². The topological polar surface area (TPSA) is 107 Å². The van der Waals surface area contributed by atoms with Crippen LogP contribution < -0.4 is 16.2 Å². The maximum absolute atomic E-state index is 12.5. The van der Waals surface area contributed by atoms with Crippen LogP contribution in [-0.2, 0) is 4.79 Å². The van der Waals surface area contributed by atoms with E-state index in [1.165, 1.54) is 0 Å². The zero-order valence-electron chi connectivity index (χ0n) is 16.1. The van der Waals surface area contributed by atoms with Crippen LogP contribution in [0.15, 0.2) is 18.2 Å². The van der Waals surface area contributed by atoms with E-state index >= 15 is 0 Å². The molecule has 7 nitrogen and oxygen atoms in total. The first-order valence-electron chi connectivity index (χ1n) is 9.76. The summed E-state index contributed by atoms with van der Waals surface area (Å²) in [4.78, 5) is 22.8. The standard InChI is InChI=1S/C20H29N5O2/c1-3-14(4-2)19(26)25-10-8-13(9-11-25)12-27-16-7-5-6-15-17(16)18(21)24-20(22)23-15/h5-7,13-14H,3-4,8-12H2,1-2H3,(H4,21,22,23,24). The van der Waals surface area contributed by atoms with Crippen molar-refractivity contribution in [3.63, 3.8) is 0 Å². The minimum atomic E-state index is 0.156. The fraction of sp³-hybridized carbons (Fsp3) is 0.550. The Kier molecular flexibility index (Phi) is 5.98. The van der Waals surface area contributed by atoms with Crippen LogP contribution in [0.25, 0.3) is 10.9 Å². The molecule has 4 N–H and O–H groups in total. The number of hydrogen-bond donors (Lipinski definition) is 2. The number of fused-ring (bicyclic) bond motifs is 1. The van der Waals surface area contributed by atoms with E-state index in [2.05, 4.69) is 23.8 Å². The minimum Gasteiger partial charge on any atom is -0.492 e. The molecule has 3 rings (SSSR count).